The van der Waals surface area contributed by atoms with Crippen molar-refractivity contribution in [2.24, 2.45) is 0 Å². The highest BCUT2D eigenvalue weighted by molar-refractivity contribution is 8.03. The van der Waals surface area contributed by atoms with Crippen molar-refractivity contribution in [3.05, 3.63) is 71.3 Å². The topological polar surface area (TPSA) is 89.9 Å². The van der Waals surface area contributed by atoms with E-state index in [1.807, 2.05) is 0 Å². The molecule has 0 bridgehead atoms. The molecule has 0 saturated carbocycles. The van der Waals surface area contributed by atoms with Crippen molar-refractivity contribution >= 4 is 27.5 Å². The summed E-state index contributed by atoms with van der Waals surface area (Å²) in [7, 11) is -4.19. The first kappa shape index (κ1) is 20.7. The number of aliphatic hydroxyl groups is 2. The zero-order valence-corrected chi connectivity index (χ0v) is 15.7. The van der Waals surface area contributed by atoms with Crippen molar-refractivity contribution in [1.29, 1.82) is 0 Å². The zero-order valence-electron chi connectivity index (χ0n) is 14.0. The molecule has 0 aromatic heterocycles. The number of rotatable bonds is 4. The van der Waals surface area contributed by atoms with E-state index in [9.17, 15) is 31.8 Å². The smallest absolute Gasteiger partial charge is 0.374 e. The van der Waals surface area contributed by atoms with Gasteiger partial charge in [0.25, 0.3) is 10.0 Å². The second-order valence-corrected chi connectivity index (χ2v) is 8.70. The van der Waals surface area contributed by atoms with Crippen LogP contribution in [0, 0.1) is 0 Å². The molecule has 0 amide bonds. The Hall–Kier alpha value is -2.05. The van der Waals surface area contributed by atoms with Gasteiger partial charge in [-0.2, -0.15) is 13.2 Å². The van der Waals surface area contributed by atoms with E-state index in [2.05, 4.69) is 5.32 Å². The van der Waals surface area contributed by atoms with Gasteiger partial charge in [-0.05, 0) is 36.4 Å². The monoisotopic (exact) mass is 432 g/mol. The van der Waals surface area contributed by atoms with Crippen LogP contribution in [0.5, 0.6) is 0 Å². The number of alkyl halides is 3. The fourth-order valence-corrected chi connectivity index (χ4v) is 4.71. The van der Waals surface area contributed by atoms with E-state index in [4.69, 9.17) is 0 Å². The molecule has 6 nitrogen and oxygen atoms in total. The Morgan fingerprint density at radius 1 is 1.04 bits per heavy atom. The van der Waals surface area contributed by atoms with Gasteiger partial charge in [-0.1, -0.05) is 30.0 Å². The third kappa shape index (κ3) is 4.33. The van der Waals surface area contributed by atoms with E-state index in [1.54, 1.807) is 6.07 Å². The van der Waals surface area contributed by atoms with Gasteiger partial charge >= 0.3 is 6.18 Å². The lowest BCUT2D eigenvalue weighted by Crippen LogP contribution is -2.30. The number of benzene rings is 2. The third-order valence-corrected chi connectivity index (χ3v) is 6.47. The van der Waals surface area contributed by atoms with E-state index in [1.165, 1.54) is 24.3 Å². The molecule has 150 valence electrons. The van der Waals surface area contributed by atoms with Gasteiger partial charge in [0.1, 0.15) is 6.23 Å². The van der Waals surface area contributed by atoms with Crippen molar-refractivity contribution in [2.75, 3.05) is 4.31 Å². The third-order valence-electron chi connectivity index (χ3n) is 3.81. The van der Waals surface area contributed by atoms with Gasteiger partial charge in [0.15, 0.2) is 5.56 Å². The predicted molar refractivity (Wildman–Crippen MR) is 98.4 cm³/mol. The molecule has 2 aromatic rings. The Bertz CT molecular complexity index is 964. The predicted octanol–water partition coefficient (Wildman–Crippen LogP) is 2.67. The highest BCUT2D eigenvalue weighted by atomic mass is 32.2. The van der Waals surface area contributed by atoms with Gasteiger partial charge in [-0.3, -0.25) is 5.32 Å². The number of nitrogens with one attached hydrogen (secondary N) is 1. The lowest BCUT2D eigenvalue weighted by molar-refractivity contribution is -0.137. The summed E-state index contributed by atoms with van der Waals surface area (Å²) in [5.41, 5.74) is -2.12. The summed E-state index contributed by atoms with van der Waals surface area (Å²) in [5, 5.41) is 21.8. The van der Waals surface area contributed by atoms with Crippen molar-refractivity contribution in [1.82, 2.24) is 5.32 Å². The van der Waals surface area contributed by atoms with E-state index in [-0.39, 0.29) is 15.5 Å². The van der Waals surface area contributed by atoms with E-state index < -0.39 is 33.6 Å². The fraction of sp³-hybridized carbons (Fsp3) is 0.176. The number of halogens is 3. The molecule has 0 spiro atoms. The maximum atomic E-state index is 13.1. The van der Waals surface area contributed by atoms with Crippen molar-refractivity contribution < 1.29 is 31.8 Å². The van der Waals surface area contributed by atoms with Crippen LogP contribution in [-0.4, -0.2) is 30.4 Å². The fourth-order valence-electron chi connectivity index (χ4n) is 2.45. The van der Waals surface area contributed by atoms with Crippen molar-refractivity contribution in [3.8, 4) is 0 Å². The molecule has 28 heavy (non-hydrogen) atoms. The van der Waals surface area contributed by atoms with Crippen LogP contribution in [0.4, 0.5) is 18.9 Å². The maximum absolute atomic E-state index is 13.1. The molecule has 1 aliphatic heterocycles. The van der Waals surface area contributed by atoms with Crippen LogP contribution < -0.4 is 9.62 Å². The van der Waals surface area contributed by atoms with Gasteiger partial charge in [-0.25, -0.2) is 12.7 Å². The molecule has 3 N–H and O–H groups in total. The second kappa shape index (κ2) is 7.76. The van der Waals surface area contributed by atoms with Gasteiger partial charge in [0.05, 0.1) is 16.1 Å². The minimum atomic E-state index is -4.56. The molecule has 0 radical (unpaired) electrons. The number of aliphatic hydroxyl groups excluding tert-OH is 2. The number of nitrogens with zero attached hydrogens (tertiary/aromatic N) is 1. The van der Waals surface area contributed by atoms with Crippen molar-refractivity contribution in [2.45, 2.75) is 22.9 Å². The average Bonchev–Trinajstić information content (AvgIpc) is 2.97. The molecule has 2 atom stereocenters. The highest BCUT2D eigenvalue weighted by Crippen LogP contribution is 2.34. The minimum absolute atomic E-state index is 0.0569. The van der Waals surface area contributed by atoms with Crippen LogP contribution in [0.15, 0.2) is 70.6 Å². The summed E-state index contributed by atoms with van der Waals surface area (Å²) in [6.07, 6.45) is -4.81. The second-order valence-electron chi connectivity index (χ2n) is 5.73. The van der Waals surface area contributed by atoms with Gasteiger partial charge < -0.3 is 10.2 Å². The SMILES string of the molecule is O=S(=O)(c1ccccc1)N(/C=C1\SC(O)NC1O)c1ccc(C(F)(F)F)cc1. The number of hydrogen-bond acceptors (Lipinski definition) is 6. The summed E-state index contributed by atoms with van der Waals surface area (Å²) in [4.78, 5) is 0.00430. The van der Waals surface area contributed by atoms with Crippen LogP contribution in [-0.2, 0) is 16.2 Å². The lowest BCUT2D eigenvalue weighted by atomic mass is 10.2. The largest absolute Gasteiger partial charge is 0.416 e. The first-order valence-corrected chi connectivity index (χ1v) is 10.2. The van der Waals surface area contributed by atoms with Crippen LogP contribution in [0.1, 0.15) is 5.56 Å². The Kier molecular flexibility index (Phi) is 5.73. The molecule has 2 aromatic carbocycles. The Balaban J connectivity index is 2.09. The Morgan fingerprint density at radius 3 is 2.14 bits per heavy atom. The first-order valence-electron chi connectivity index (χ1n) is 7.86. The molecule has 1 saturated heterocycles. The molecule has 1 fully saturated rings. The summed E-state index contributed by atoms with van der Waals surface area (Å²) in [6, 6.07) is 10.9. The molecule has 1 heterocycles. The van der Waals surface area contributed by atoms with Crippen LogP contribution in [0.3, 0.4) is 0 Å². The average molecular weight is 432 g/mol. The summed E-state index contributed by atoms with van der Waals surface area (Å²) in [6.45, 7) is 0. The van der Waals surface area contributed by atoms with E-state index in [0.29, 0.717) is 0 Å². The number of hydrogen-bond donors (Lipinski definition) is 3. The maximum Gasteiger partial charge on any atom is 0.416 e. The quantitative estimate of drug-likeness (QED) is 0.689. The molecular formula is C17H15F3N2O4S2. The van der Waals surface area contributed by atoms with Crippen LogP contribution in [0.2, 0.25) is 0 Å². The van der Waals surface area contributed by atoms with Crippen LogP contribution >= 0.6 is 11.8 Å². The molecule has 3 rings (SSSR count). The molecule has 11 heteroatoms. The molecular weight excluding hydrogens is 417 g/mol. The number of anilines is 1. The van der Waals surface area contributed by atoms with Crippen molar-refractivity contribution in [3.63, 3.8) is 0 Å². The minimum Gasteiger partial charge on any atom is -0.374 e. The van der Waals surface area contributed by atoms with E-state index >= 15 is 0 Å². The van der Waals surface area contributed by atoms with Gasteiger partial charge in [0, 0.05) is 11.1 Å². The standard InChI is InChI=1S/C17H15F3N2O4S2/c18-17(19,20)11-6-8-12(9-7-11)22(10-14-15(23)21-16(24)27-14)28(25,26)13-4-2-1-3-5-13/h1-10,15-16,21,23-24H/b14-10-. The van der Waals surface area contributed by atoms with Gasteiger partial charge in [-0.15, -0.1) is 0 Å². The summed E-state index contributed by atoms with van der Waals surface area (Å²) >= 11 is 0.785. The van der Waals surface area contributed by atoms with Crippen LogP contribution in [0.25, 0.3) is 0 Å². The first-order chi connectivity index (χ1) is 13.1. The molecule has 0 aliphatic carbocycles. The summed E-state index contributed by atoms with van der Waals surface area (Å²) in [5.74, 6) is 0. The van der Waals surface area contributed by atoms with Gasteiger partial charge in [0.2, 0.25) is 0 Å². The zero-order chi connectivity index (χ0) is 20.5. The highest BCUT2D eigenvalue weighted by Gasteiger charge is 2.32. The summed E-state index contributed by atoms with van der Waals surface area (Å²) < 4.78 is 65.4. The Morgan fingerprint density at radius 2 is 1.64 bits per heavy atom. The Labute approximate surface area is 163 Å². The lowest BCUT2D eigenvalue weighted by Gasteiger charge is -2.22. The van der Waals surface area contributed by atoms with E-state index in [0.717, 1.165) is 46.5 Å². The number of sulfonamides is 1. The molecule has 1 aliphatic rings. The molecule has 2 unspecified atom stereocenters. The normalized spacial score (nSPS) is 21.8. The number of thioether (sulfide) groups is 1.